The van der Waals surface area contributed by atoms with Crippen LogP contribution in [0.1, 0.15) is 59.2 Å². The molecule has 0 unspecified atom stereocenters. The molecule has 3 aliphatic carbocycles. The Bertz CT molecular complexity index is 1670. The fourth-order valence-electron chi connectivity index (χ4n) is 8.16. The quantitative estimate of drug-likeness (QED) is 0.279. The van der Waals surface area contributed by atoms with Crippen molar-refractivity contribution in [3.63, 3.8) is 0 Å². The van der Waals surface area contributed by atoms with Crippen LogP contribution in [0.4, 0.5) is 0 Å². The van der Waals surface area contributed by atoms with Crippen molar-refractivity contribution in [1.82, 2.24) is 9.55 Å². The summed E-state index contributed by atoms with van der Waals surface area (Å²) in [6, 6.07) is 12.6. The number of hydrogen-bond donors (Lipinski definition) is 0. The molecule has 0 N–H and O–H groups in total. The Hall–Kier alpha value is -3.32. The molecule has 2 heterocycles. The van der Waals surface area contributed by atoms with Crippen molar-refractivity contribution < 1.29 is 14.2 Å². The molecule has 4 aromatic rings. The van der Waals surface area contributed by atoms with Crippen LogP contribution in [-0.4, -0.2) is 30.9 Å². The molecule has 2 aromatic heterocycles. The highest BCUT2D eigenvalue weighted by Crippen LogP contribution is 2.62. The van der Waals surface area contributed by atoms with Gasteiger partial charge >= 0.3 is 0 Å². The molecule has 7 rings (SSSR count). The van der Waals surface area contributed by atoms with Gasteiger partial charge in [0.1, 0.15) is 10.6 Å². The third kappa shape index (κ3) is 3.80. The summed E-state index contributed by atoms with van der Waals surface area (Å²) in [5, 5.41) is 0.874. The Balaban J connectivity index is 1.19. The number of benzene rings is 2. The predicted octanol–water partition coefficient (Wildman–Crippen LogP) is 6.30. The van der Waals surface area contributed by atoms with Crippen LogP contribution in [0.5, 0.6) is 17.2 Å². The van der Waals surface area contributed by atoms with Crippen molar-refractivity contribution in [2.45, 2.75) is 63.3 Å². The lowest BCUT2D eigenvalue weighted by atomic mass is 9.55. The molecular weight excluding hydrogens is 520 g/mol. The van der Waals surface area contributed by atoms with Gasteiger partial charge in [0.25, 0.3) is 5.56 Å². The van der Waals surface area contributed by atoms with Crippen LogP contribution in [0.3, 0.4) is 0 Å². The average Bonchev–Trinajstić information content (AvgIpc) is 3.50. The minimum absolute atomic E-state index is 0.0299. The molecule has 0 amide bonds. The molecule has 0 saturated heterocycles. The number of hydrogen-bond acceptors (Lipinski definition) is 6. The molecule has 0 radical (unpaired) electrons. The Morgan fingerprint density at radius 1 is 1.05 bits per heavy atom. The second-order valence-electron chi connectivity index (χ2n) is 11.9. The first-order valence-electron chi connectivity index (χ1n) is 14.3. The van der Waals surface area contributed by atoms with E-state index in [4.69, 9.17) is 19.2 Å². The van der Waals surface area contributed by atoms with Crippen molar-refractivity contribution >= 4 is 21.6 Å². The summed E-state index contributed by atoms with van der Waals surface area (Å²) >= 11 is 1.76. The van der Waals surface area contributed by atoms with Gasteiger partial charge < -0.3 is 14.2 Å². The average molecular weight is 557 g/mol. The van der Waals surface area contributed by atoms with E-state index in [0.717, 1.165) is 40.8 Å². The summed E-state index contributed by atoms with van der Waals surface area (Å²) in [6.45, 7) is 3.02. The third-order valence-electron chi connectivity index (χ3n) is 10.1. The maximum Gasteiger partial charge on any atom is 0.262 e. The van der Waals surface area contributed by atoms with E-state index in [1.807, 2.05) is 18.2 Å². The molecule has 0 bridgehead atoms. The third-order valence-corrected chi connectivity index (χ3v) is 11.3. The van der Waals surface area contributed by atoms with Gasteiger partial charge in [-0.1, -0.05) is 19.1 Å². The zero-order valence-corrected chi connectivity index (χ0v) is 24.5. The van der Waals surface area contributed by atoms with Gasteiger partial charge in [0.2, 0.25) is 0 Å². The van der Waals surface area contributed by atoms with Crippen molar-refractivity contribution in [1.29, 1.82) is 0 Å². The maximum absolute atomic E-state index is 14.0. The molecule has 4 atom stereocenters. The Morgan fingerprint density at radius 3 is 2.70 bits per heavy atom. The van der Waals surface area contributed by atoms with E-state index in [2.05, 4.69) is 25.1 Å². The van der Waals surface area contributed by atoms with E-state index in [9.17, 15) is 4.79 Å². The smallest absolute Gasteiger partial charge is 0.262 e. The maximum atomic E-state index is 14.0. The summed E-state index contributed by atoms with van der Waals surface area (Å²) in [6.07, 6.45) is 8.13. The number of thiophene rings is 1. The van der Waals surface area contributed by atoms with Gasteiger partial charge in [0.15, 0.2) is 11.5 Å². The normalized spacial score (nSPS) is 24.6. The fraction of sp³-hybridized carbons (Fsp3) is 0.455. The van der Waals surface area contributed by atoms with E-state index >= 15 is 0 Å². The molecule has 1 saturated carbocycles. The number of methoxy groups -OCH3 is 3. The molecule has 0 aliphatic heterocycles. The van der Waals surface area contributed by atoms with Crippen LogP contribution < -0.4 is 19.8 Å². The van der Waals surface area contributed by atoms with Crippen LogP contribution in [0.15, 0.2) is 47.5 Å². The number of aromatic nitrogens is 2. The Morgan fingerprint density at radius 2 is 1.90 bits per heavy atom. The highest BCUT2D eigenvalue weighted by molar-refractivity contribution is 7.18. The van der Waals surface area contributed by atoms with Crippen LogP contribution in [0, 0.1) is 11.8 Å². The lowest BCUT2D eigenvalue weighted by Crippen LogP contribution is -2.43. The first-order chi connectivity index (χ1) is 19.4. The zero-order chi connectivity index (χ0) is 27.6. The number of aryl methyl sites for hydroxylation is 3. The van der Waals surface area contributed by atoms with E-state index in [-0.39, 0.29) is 11.0 Å². The fourth-order valence-corrected chi connectivity index (χ4v) is 9.48. The molecule has 208 valence electrons. The summed E-state index contributed by atoms with van der Waals surface area (Å²) in [5.41, 5.74) is 5.54. The number of nitrogens with zero attached hydrogens (tertiary/aromatic N) is 2. The first-order valence-corrected chi connectivity index (χ1v) is 15.2. The lowest BCUT2D eigenvalue weighted by Gasteiger charge is -2.49. The SMILES string of the molecule is COc1ccc2c(c1)CC[C@@H]1[C@@H]2CC[C@@]2(C)c3c(sc4ncn(CCc5ccc(OC)c(OC)c5)c(=O)c34)C[C@H]12. The van der Waals surface area contributed by atoms with E-state index in [1.54, 1.807) is 43.6 Å². The molecule has 3 aliphatic rings. The van der Waals surface area contributed by atoms with Gasteiger partial charge in [0, 0.05) is 11.4 Å². The zero-order valence-electron chi connectivity index (χ0n) is 23.7. The molecule has 0 spiro atoms. The predicted molar refractivity (Wildman–Crippen MR) is 158 cm³/mol. The molecule has 40 heavy (non-hydrogen) atoms. The summed E-state index contributed by atoms with van der Waals surface area (Å²) in [5.74, 6) is 4.20. The molecule has 1 fully saturated rings. The van der Waals surface area contributed by atoms with E-state index in [1.165, 1.54) is 34.4 Å². The minimum Gasteiger partial charge on any atom is -0.497 e. The summed E-state index contributed by atoms with van der Waals surface area (Å²) in [4.78, 5) is 21.1. The second-order valence-corrected chi connectivity index (χ2v) is 13.0. The van der Waals surface area contributed by atoms with Gasteiger partial charge in [-0.2, -0.15) is 0 Å². The lowest BCUT2D eigenvalue weighted by molar-refractivity contribution is 0.106. The number of ether oxygens (including phenoxy) is 3. The van der Waals surface area contributed by atoms with Crippen LogP contribution >= 0.6 is 11.3 Å². The van der Waals surface area contributed by atoms with Gasteiger partial charge in [-0.05, 0) is 108 Å². The second kappa shape index (κ2) is 9.65. The van der Waals surface area contributed by atoms with Crippen molar-refractivity contribution in [3.8, 4) is 17.2 Å². The van der Waals surface area contributed by atoms with Gasteiger partial charge in [-0.3, -0.25) is 9.36 Å². The summed E-state index contributed by atoms with van der Waals surface area (Å²) in [7, 11) is 5.03. The van der Waals surface area contributed by atoms with Gasteiger partial charge in [-0.25, -0.2) is 4.98 Å². The Labute approximate surface area is 238 Å². The number of fused-ring (bicyclic) bond motifs is 9. The van der Waals surface area contributed by atoms with Crippen molar-refractivity contribution in [2.75, 3.05) is 21.3 Å². The highest BCUT2D eigenvalue weighted by Gasteiger charge is 2.54. The molecule has 7 heteroatoms. The van der Waals surface area contributed by atoms with Crippen molar-refractivity contribution in [2.24, 2.45) is 11.8 Å². The highest BCUT2D eigenvalue weighted by atomic mass is 32.1. The van der Waals surface area contributed by atoms with Gasteiger partial charge in [0.05, 0.1) is 33.0 Å². The minimum atomic E-state index is 0.0299. The standard InChI is InChI=1S/C33H36N2O4S/c1-33-13-11-23-22-9-7-21(37-2)16-20(22)6-8-24(23)25(33)17-28-30(33)29-31(40-28)34-18-35(32(29)36)14-12-19-5-10-26(38-3)27(15-19)39-4/h5,7,9-10,15-16,18,23-25H,6,8,11-14,17H2,1-4H3/t23-,24-,25-,33-/m1/s1. The largest absolute Gasteiger partial charge is 0.497 e. The van der Waals surface area contributed by atoms with Gasteiger partial charge in [-0.15, -0.1) is 11.3 Å². The van der Waals surface area contributed by atoms with Crippen molar-refractivity contribution in [3.05, 3.63) is 80.2 Å². The summed E-state index contributed by atoms with van der Waals surface area (Å²) < 4.78 is 18.2. The Kier molecular flexibility index (Phi) is 6.19. The van der Waals surface area contributed by atoms with Crippen LogP contribution in [0.25, 0.3) is 10.2 Å². The molecule has 6 nitrogen and oxygen atoms in total. The monoisotopic (exact) mass is 556 g/mol. The topological polar surface area (TPSA) is 62.6 Å². The van der Waals surface area contributed by atoms with E-state index < -0.39 is 0 Å². The van der Waals surface area contributed by atoms with Crippen LogP contribution in [0.2, 0.25) is 0 Å². The molecule has 2 aromatic carbocycles. The molecular formula is C33H36N2O4S. The first kappa shape index (κ1) is 25.6. The number of rotatable bonds is 6. The van der Waals surface area contributed by atoms with Crippen LogP contribution in [-0.2, 0) is 31.2 Å². The van der Waals surface area contributed by atoms with E-state index in [0.29, 0.717) is 42.2 Å².